The van der Waals surface area contributed by atoms with Crippen LogP contribution in [0, 0.1) is 0 Å². The van der Waals surface area contributed by atoms with Gasteiger partial charge >= 0.3 is 29.2 Å². The number of aromatic nitrogens is 2. The van der Waals surface area contributed by atoms with E-state index in [9.17, 15) is 32.9 Å². The number of fused-ring (bicyclic) bond motifs is 1. The maximum Gasteiger partial charge on any atom is 0.490 e. The molecule has 1 aromatic heterocycles. The number of nitrogen functional groups attached to an aromatic ring is 1. The van der Waals surface area contributed by atoms with E-state index >= 15 is 0 Å². The zero-order chi connectivity index (χ0) is 22.8. The number of phosphoric ester groups is 1. The van der Waals surface area contributed by atoms with Gasteiger partial charge in [0, 0.05) is 12.6 Å². The van der Waals surface area contributed by atoms with E-state index in [0.717, 1.165) is 12.3 Å². The van der Waals surface area contributed by atoms with Crippen molar-refractivity contribution in [1.82, 2.24) is 9.55 Å². The number of aliphatic hydroxyl groups is 1. The first-order chi connectivity index (χ1) is 13.5. The van der Waals surface area contributed by atoms with E-state index in [2.05, 4.69) is 18.1 Å². The number of alkyl halides is 1. The molecule has 0 bridgehead atoms. The van der Waals surface area contributed by atoms with Crippen molar-refractivity contribution in [2.24, 2.45) is 0 Å². The van der Waals surface area contributed by atoms with Crippen LogP contribution in [0.1, 0.15) is 12.6 Å². The highest BCUT2D eigenvalue weighted by molar-refractivity contribution is 7.66. The number of nitrogens with zero attached hydrogens (tertiary/aromatic N) is 2. The van der Waals surface area contributed by atoms with Crippen molar-refractivity contribution in [2.45, 2.75) is 30.0 Å². The summed E-state index contributed by atoms with van der Waals surface area (Å²) in [5.41, 5.74) is 0.138. The van der Waals surface area contributed by atoms with Crippen molar-refractivity contribution in [2.75, 3.05) is 12.3 Å². The lowest BCUT2D eigenvalue weighted by molar-refractivity contribution is -0.0779. The second-order valence-corrected chi connectivity index (χ2v) is 10.8. The minimum atomic E-state index is -5.75. The average Bonchev–Trinajstić information content (AvgIpc) is 3.07. The van der Waals surface area contributed by atoms with Crippen molar-refractivity contribution < 1.29 is 60.6 Å². The minimum absolute atomic E-state index is 0.157. The summed E-state index contributed by atoms with van der Waals surface area (Å²) < 4.78 is 65.9. The Balaban J connectivity index is 1.72. The molecule has 1 aliphatic heterocycles. The monoisotopic (exact) mass is 497 g/mol. The van der Waals surface area contributed by atoms with Gasteiger partial charge in [0.15, 0.2) is 12.4 Å². The largest absolute Gasteiger partial charge is 0.490 e. The van der Waals surface area contributed by atoms with Crippen LogP contribution in [-0.4, -0.2) is 58.2 Å². The second-order valence-electron chi connectivity index (χ2n) is 6.41. The summed E-state index contributed by atoms with van der Waals surface area (Å²) in [5.74, 6) is -0.157. The molecule has 0 aromatic carbocycles. The van der Waals surface area contributed by atoms with Crippen LogP contribution in [-0.2, 0) is 31.6 Å². The van der Waals surface area contributed by atoms with Gasteiger partial charge in [0.25, 0.3) is 0 Å². The first-order valence-electron chi connectivity index (χ1n) is 7.67. The molecular weight excluding hydrogens is 482 g/mol. The summed E-state index contributed by atoms with van der Waals surface area (Å²) in [6.07, 6.45) is -3.30. The van der Waals surface area contributed by atoms with Crippen LogP contribution in [0.25, 0.3) is 0 Å². The summed E-state index contributed by atoms with van der Waals surface area (Å²) in [6, 6.07) is 1.16. The van der Waals surface area contributed by atoms with Crippen LogP contribution in [0.3, 0.4) is 0 Å². The molecule has 2 fully saturated rings. The van der Waals surface area contributed by atoms with Crippen LogP contribution >= 0.6 is 23.5 Å². The Kier molecular flexibility index (Phi) is 5.69. The molecule has 7 N–H and O–H groups in total. The Bertz CT molecular complexity index is 1060. The molecule has 20 heteroatoms. The highest BCUT2D eigenvalue weighted by Crippen LogP contribution is 2.68. The number of ether oxygens (including phenoxy) is 1. The lowest BCUT2D eigenvalue weighted by atomic mass is 10.1. The van der Waals surface area contributed by atoms with E-state index < -0.39 is 65.8 Å². The van der Waals surface area contributed by atoms with Crippen LogP contribution in [0.2, 0.25) is 0 Å². The van der Waals surface area contributed by atoms with Gasteiger partial charge in [-0.1, -0.05) is 0 Å². The van der Waals surface area contributed by atoms with Crippen molar-refractivity contribution in [3.63, 3.8) is 0 Å². The number of anilines is 1. The molecule has 2 aliphatic rings. The van der Waals surface area contributed by atoms with E-state index in [1.165, 1.54) is 0 Å². The molecule has 6 unspecified atom stereocenters. The third-order valence-corrected chi connectivity index (χ3v) is 8.06. The molecule has 1 aromatic rings. The molecule has 0 radical (unpaired) electrons. The van der Waals surface area contributed by atoms with Gasteiger partial charge in [-0.25, -0.2) is 22.9 Å². The summed E-state index contributed by atoms with van der Waals surface area (Å²) >= 11 is 0. The van der Waals surface area contributed by atoms with Crippen molar-refractivity contribution in [1.29, 1.82) is 0 Å². The van der Waals surface area contributed by atoms with Gasteiger partial charge in [0.2, 0.25) is 0 Å². The molecule has 6 atom stereocenters. The molecule has 1 saturated heterocycles. The number of phosphoric acid groups is 3. The summed E-state index contributed by atoms with van der Waals surface area (Å²) in [7, 11) is -16.8. The van der Waals surface area contributed by atoms with Crippen LogP contribution in [0.4, 0.5) is 10.2 Å². The molecule has 2 heterocycles. The Morgan fingerprint density at radius 3 is 2.47 bits per heavy atom. The molecular formula is C10H15FN3O13P3. The summed E-state index contributed by atoms with van der Waals surface area (Å²) in [5, 5.41) is 10.4. The summed E-state index contributed by atoms with van der Waals surface area (Å²) in [4.78, 5) is 50.8. The standard InChI is InChI=1S/C10H15FN3O13P3/c11-6-7(14-2-1-5(12)13-8(14)15)25-9(3-10(6,9)16)4-24-29(20,21)27-30(22,23)26-28(17,18)19/h1-2,6-7,16H,3-4H2,(H,20,21)(H,22,23)(H2,12,13,15)(H2,17,18,19). The lowest BCUT2D eigenvalue weighted by Crippen LogP contribution is -2.35. The first kappa shape index (κ1) is 23.6. The molecule has 0 amide bonds. The highest BCUT2D eigenvalue weighted by Gasteiger charge is 2.81. The Hall–Kier alpha value is -1.06. The topological polar surface area (TPSA) is 250 Å². The Morgan fingerprint density at radius 2 is 1.90 bits per heavy atom. The molecule has 0 spiro atoms. The number of nitrogens with two attached hydrogens (primary N) is 1. The van der Waals surface area contributed by atoms with E-state index in [4.69, 9.17) is 25.2 Å². The molecule has 16 nitrogen and oxygen atoms in total. The number of rotatable bonds is 8. The first-order valence-corrected chi connectivity index (χ1v) is 12.2. The maximum atomic E-state index is 14.7. The van der Waals surface area contributed by atoms with Gasteiger partial charge in [0.1, 0.15) is 17.0 Å². The van der Waals surface area contributed by atoms with Gasteiger partial charge in [-0.05, 0) is 6.07 Å². The maximum absolute atomic E-state index is 14.7. The zero-order valence-electron chi connectivity index (χ0n) is 14.4. The molecule has 30 heavy (non-hydrogen) atoms. The van der Waals surface area contributed by atoms with E-state index in [1.807, 2.05) is 0 Å². The third kappa shape index (κ3) is 4.58. The number of hydrogen-bond acceptors (Lipinski definition) is 11. The smallest absolute Gasteiger partial charge is 0.383 e. The van der Waals surface area contributed by atoms with Gasteiger partial charge in [-0.2, -0.15) is 13.6 Å². The van der Waals surface area contributed by atoms with E-state index in [1.54, 1.807) is 0 Å². The number of halogens is 1. The Morgan fingerprint density at radius 1 is 1.27 bits per heavy atom. The molecule has 170 valence electrons. The predicted molar refractivity (Wildman–Crippen MR) is 90.0 cm³/mol. The van der Waals surface area contributed by atoms with Crippen LogP contribution in [0.5, 0.6) is 0 Å². The van der Waals surface area contributed by atoms with Crippen LogP contribution in [0.15, 0.2) is 17.1 Å². The van der Waals surface area contributed by atoms with Gasteiger partial charge in [-0.15, -0.1) is 0 Å². The van der Waals surface area contributed by atoms with E-state index in [-0.39, 0.29) is 5.82 Å². The highest BCUT2D eigenvalue weighted by atomic mass is 31.3. The van der Waals surface area contributed by atoms with Gasteiger partial charge in [0.05, 0.1) is 6.61 Å². The fourth-order valence-corrected chi connectivity index (χ4v) is 5.99. The molecule has 1 aliphatic carbocycles. The molecule has 3 rings (SSSR count). The van der Waals surface area contributed by atoms with Crippen molar-refractivity contribution in [3.05, 3.63) is 22.7 Å². The number of hydrogen-bond donors (Lipinski definition) is 6. The van der Waals surface area contributed by atoms with Crippen molar-refractivity contribution >= 4 is 29.3 Å². The molecule has 1 saturated carbocycles. The summed E-state index contributed by atoms with van der Waals surface area (Å²) in [6.45, 7) is -1.07. The lowest BCUT2D eigenvalue weighted by Gasteiger charge is -2.21. The normalized spacial score (nSPS) is 34.7. The van der Waals surface area contributed by atoms with Crippen molar-refractivity contribution in [3.8, 4) is 0 Å². The van der Waals surface area contributed by atoms with Gasteiger partial charge < -0.3 is 35.2 Å². The Labute approximate surface area is 165 Å². The second kappa shape index (κ2) is 7.24. The van der Waals surface area contributed by atoms with Gasteiger partial charge in [-0.3, -0.25) is 9.09 Å². The quantitative estimate of drug-likeness (QED) is 0.233. The third-order valence-electron chi connectivity index (χ3n) is 4.27. The van der Waals surface area contributed by atoms with Crippen LogP contribution < -0.4 is 11.4 Å². The minimum Gasteiger partial charge on any atom is -0.383 e. The fraction of sp³-hybridized carbons (Fsp3) is 0.600. The average molecular weight is 497 g/mol. The fourth-order valence-electron chi connectivity index (χ4n) is 2.93. The predicted octanol–water partition coefficient (Wildman–Crippen LogP) is -1.09. The zero-order valence-corrected chi connectivity index (χ0v) is 17.1. The SMILES string of the molecule is Nc1ccn(C2OC3(COP(=O)(O)OP(=O)(O)OP(=O)(O)O)CC3(O)C2F)c(=O)n1. The van der Waals surface area contributed by atoms with E-state index in [0.29, 0.717) is 4.57 Å².